The fraction of sp³-hybridized carbons (Fsp3) is 0.0556. The van der Waals surface area contributed by atoms with Crippen molar-refractivity contribution in [2.45, 2.75) is 0 Å². The quantitative estimate of drug-likeness (QED) is 0.392. The summed E-state index contributed by atoms with van der Waals surface area (Å²) in [6, 6.07) is 10.1. The van der Waals surface area contributed by atoms with Crippen LogP contribution in [0.5, 0.6) is 5.75 Å². The van der Waals surface area contributed by atoms with Gasteiger partial charge >= 0.3 is 0 Å². The second kappa shape index (κ2) is 7.98. The zero-order valence-electron chi connectivity index (χ0n) is 13.8. The third-order valence-electron chi connectivity index (χ3n) is 3.77. The first-order chi connectivity index (χ1) is 12.8. The van der Waals surface area contributed by atoms with E-state index in [1.165, 1.54) is 13.2 Å². The smallest absolute Gasteiger partial charge is 0.270 e. The number of hydrogen-bond donors (Lipinski definition) is 1. The van der Waals surface area contributed by atoms with Crippen LogP contribution >= 0.6 is 51.3 Å². The van der Waals surface area contributed by atoms with Crippen LogP contribution in [0.1, 0.15) is 5.56 Å². The molecule has 27 heavy (non-hydrogen) atoms. The molecule has 1 N–H and O–H groups in total. The lowest BCUT2D eigenvalue weighted by Crippen LogP contribution is -2.54. The van der Waals surface area contributed by atoms with E-state index in [1.54, 1.807) is 36.4 Å². The van der Waals surface area contributed by atoms with E-state index >= 15 is 0 Å². The highest BCUT2D eigenvalue weighted by Crippen LogP contribution is 2.35. The molecule has 1 aliphatic heterocycles. The van der Waals surface area contributed by atoms with E-state index in [9.17, 15) is 9.59 Å². The molecule has 1 heterocycles. The molecule has 138 valence electrons. The number of thiocarbonyl (C=S) groups is 1. The summed E-state index contributed by atoms with van der Waals surface area (Å²) >= 11 is 20.8. The number of nitrogens with one attached hydrogen (secondary N) is 1. The number of anilines is 1. The molecule has 0 aliphatic carbocycles. The van der Waals surface area contributed by atoms with Gasteiger partial charge in [-0.05, 0) is 48.6 Å². The lowest BCUT2D eigenvalue weighted by molar-refractivity contribution is -0.122. The van der Waals surface area contributed by atoms with Crippen molar-refractivity contribution in [1.82, 2.24) is 5.32 Å². The molecule has 0 radical (unpaired) electrons. The molecule has 5 nitrogen and oxygen atoms in total. The summed E-state index contributed by atoms with van der Waals surface area (Å²) in [4.78, 5) is 26.6. The molecule has 1 saturated heterocycles. The number of rotatable bonds is 3. The molecule has 0 spiro atoms. The summed E-state index contributed by atoms with van der Waals surface area (Å²) in [5.74, 6) is -0.719. The molecular weight excluding hydrogens is 475 g/mol. The molecule has 2 aromatic rings. The number of hydrogen-bond acceptors (Lipinski definition) is 4. The molecule has 0 atom stereocenters. The summed E-state index contributed by atoms with van der Waals surface area (Å²) in [5, 5.41) is 2.85. The Labute approximate surface area is 179 Å². The SMILES string of the molecule is COc1ccc(Br)cc1C=C1C(=O)NC(=S)N(c2cccc(Cl)c2Cl)C1=O. The Morgan fingerprint density at radius 1 is 1.22 bits per heavy atom. The molecule has 0 saturated carbocycles. The van der Waals surface area contributed by atoms with Crippen molar-refractivity contribution < 1.29 is 14.3 Å². The van der Waals surface area contributed by atoms with Gasteiger partial charge in [-0.1, -0.05) is 45.2 Å². The van der Waals surface area contributed by atoms with Gasteiger partial charge in [-0.3, -0.25) is 19.8 Å². The van der Waals surface area contributed by atoms with Gasteiger partial charge in [0.25, 0.3) is 11.8 Å². The maximum Gasteiger partial charge on any atom is 0.270 e. The van der Waals surface area contributed by atoms with Crippen LogP contribution in [0.15, 0.2) is 46.4 Å². The second-order valence-corrected chi connectivity index (χ2v) is 7.50. The predicted molar refractivity (Wildman–Crippen MR) is 113 cm³/mol. The third kappa shape index (κ3) is 3.87. The lowest BCUT2D eigenvalue weighted by Gasteiger charge is -2.29. The minimum absolute atomic E-state index is 0.0764. The van der Waals surface area contributed by atoms with Crippen molar-refractivity contribution in [3.05, 3.63) is 62.1 Å². The summed E-state index contributed by atoms with van der Waals surface area (Å²) in [5.41, 5.74) is 0.720. The summed E-state index contributed by atoms with van der Waals surface area (Å²) < 4.78 is 6.06. The van der Waals surface area contributed by atoms with E-state index in [0.29, 0.717) is 11.3 Å². The molecule has 0 unspecified atom stereocenters. The van der Waals surface area contributed by atoms with Crippen LogP contribution in [-0.4, -0.2) is 24.0 Å². The fourth-order valence-corrected chi connectivity index (χ4v) is 3.55. The standard InChI is InChI=1S/C18H11BrCl2N2O3S/c1-26-14-6-5-10(19)7-9(14)8-11-16(24)22-18(27)23(17(11)25)13-4-2-3-12(20)15(13)21/h2-8H,1H3,(H,22,24,27). The first-order valence-corrected chi connectivity index (χ1v) is 9.48. The molecule has 2 amide bonds. The fourth-order valence-electron chi connectivity index (χ4n) is 2.51. The van der Waals surface area contributed by atoms with Gasteiger partial charge in [0.2, 0.25) is 0 Å². The van der Waals surface area contributed by atoms with Gasteiger partial charge in [-0.25, -0.2) is 0 Å². The molecule has 1 aliphatic rings. The monoisotopic (exact) mass is 484 g/mol. The number of amides is 2. The van der Waals surface area contributed by atoms with Crippen molar-refractivity contribution in [2.24, 2.45) is 0 Å². The van der Waals surface area contributed by atoms with Crippen molar-refractivity contribution in [3.8, 4) is 5.75 Å². The van der Waals surface area contributed by atoms with E-state index in [0.717, 1.165) is 9.37 Å². The average molecular weight is 486 g/mol. The number of carbonyl (C=O) groups is 2. The number of ether oxygens (including phenoxy) is 1. The Morgan fingerprint density at radius 3 is 2.67 bits per heavy atom. The number of nitrogens with zero attached hydrogens (tertiary/aromatic N) is 1. The average Bonchev–Trinajstić information content (AvgIpc) is 2.62. The Hall–Kier alpha value is -1.93. The van der Waals surface area contributed by atoms with E-state index in [1.807, 2.05) is 0 Å². The number of carbonyl (C=O) groups excluding carboxylic acids is 2. The highest BCUT2D eigenvalue weighted by atomic mass is 79.9. The number of halogens is 3. The minimum Gasteiger partial charge on any atom is -0.496 e. The van der Waals surface area contributed by atoms with Gasteiger partial charge < -0.3 is 4.74 Å². The first-order valence-electron chi connectivity index (χ1n) is 7.52. The largest absolute Gasteiger partial charge is 0.496 e. The van der Waals surface area contributed by atoms with Crippen molar-refractivity contribution in [2.75, 3.05) is 12.0 Å². The molecular formula is C18H11BrCl2N2O3S. The van der Waals surface area contributed by atoms with Crippen LogP contribution in [0, 0.1) is 0 Å². The molecule has 9 heteroatoms. The van der Waals surface area contributed by atoms with Crippen LogP contribution in [0.2, 0.25) is 10.0 Å². The molecule has 3 rings (SSSR count). The molecule has 0 aromatic heterocycles. The van der Waals surface area contributed by atoms with E-state index in [4.69, 9.17) is 40.2 Å². The third-order valence-corrected chi connectivity index (χ3v) is 5.35. The first kappa shape index (κ1) is 19.8. The molecule has 2 aromatic carbocycles. The van der Waals surface area contributed by atoms with Gasteiger partial charge in [0.05, 0.1) is 22.8 Å². The topological polar surface area (TPSA) is 58.6 Å². The Balaban J connectivity index is 2.11. The predicted octanol–water partition coefficient (Wildman–Crippen LogP) is 4.60. The molecule has 0 bridgehead atoms. The Kier molecular flexibility index (Phi) is 5.86. The normalized spacial score (nSPS) is 15.9. The highest BCUT2D eigenvalue weighted by molar-refractivity contribution is 9.10. The summed E-state index contributed by atoms with van der Waals surface area (Å²) in [7, 11) is 1.50. The van der Waals surface area contributed by atoms with Crippen LogP contribution in [0.3, 0.4) is 0 Å². The second-order valence-electron chi connectivity index (χ2n) is 5.42. The summed E-state index contributed by atoms with van der Waals surface area (Å²) in [6.45, 7) is 0. The summed E-state index contributed by atoms with van der Waals surface area (Å²) in [6.07, 6.45) is 1.44. The van der Waals surface area contributed by atoms with Gasteiger partial charge in [0.1, 0.15) is 11.3 Å². The van der Waals surface area contributed by atoms with Gasteiger partial charge in [-0.2, -0.15) is 0 Å². The highest BCUT2D eigenvalue weighted by Gasteiger charge is 2.35. The van der Waals surface area contributed by atoms with E-state index < -0.39 is 11.8 Å². The van der Waals surface area contributed by atoms with Crippen LogP contribution in [-0.2, 0) is 9.59 Å². The lowest BCUT2D eigenvalue weighted by atomic mass is 10.1. The van der Waals surface area contributed by atoms with Crippen LogP contribution < -0.4 is 15.0 Å². The van der Waals surface area contributed by atoms with E-state index in [-0.39, 0.29) is 26.4 Å². The molecule has 1 fully saturated rings. The minimum atomic E-state index is -0.616. The van der Waals surface area contributed by atoms with E-state index in [2.05, 4.69) is 21.2 Å². The zero-order valence-corrected chi connectivity index (χ0v) is 17.7. The van der Waals surface area contributed by atoms with Gasteiger partial charge in [-0.15, -0.1) is 0 Å². The van der Waals surface area contributed by atoms with Crippen molar-refractivity contribution in [1.29, 1.82) is 0 Å². The maximum absolute atomic E-state index is 13.1. The Morgan fingerprint density at radius 2 is 1.96 bits per heavy atom. The van der Waals surface area contributed by atoms with Gasteiger partial charge in [0, 0.05) is 10.0 Å². The van der Waals surface area contributed by atoms with Crippen molar-refractivity contribution >= 4 is 80.0 Å². The maximum atomic E-state index is 13.1. The Bertz CT molecular complexity index is 1010. The zero-order chi connectivity index (χ0) is 19.7. The number of methoxy groups -OCH3 is 1. The van der Waals surface area contributed by atoms with Gasteiger partial charge in [0.15, 0.2) is 5.11 Å². The van der Waals surface area contributed by atoms with Crippen molar-refractivity contribution in [3.63, 3.8) is 0 Å². The number of benzene rings is 2. The van der Waals surface area contributed by atoms with Crippen LogP contribution in [0.4, 0.5) is 5.69 Å². The van der Waals surface area contributed by atoms with Crippen LogP contribution in [0.25, 0.3) is 6.08 Å².